The molecule has 0 bridgehead atoms. The van der Waals surface area contributed by atoms with Gasteiger partial charge >= 0.3 is 0 Å². The van der Waals surface area contributed by atoms with Crippen LogP contribution in [0.2, 0.25) is 0 Å². The number of ketones is 1. The molecule has 0 unspecified atom stereocenters. The summed E-state index contributed by atoms with van der Waals surface area (Å²) in [7, 11) is 0. The Morgan fingerprint density at radius 1 is 1.06 bits per heavy atom. The minimum atomic E-state index is -0.457. The summed E-state index contributed by atoms with van der Waals surface area (Å²) in [5, 5.41) is 10.4. The van der Waals surface area contributed by atoms with Gasteiger partial charge in [-0.2, -0.15) is 0 Å². The molecule has 3 aliphatic heterocycles. The average Bonchev–Trinajstić information content (AvgIpc) is 3.46. The quantitative estimate of drug-likeness (QED) is 0.573. The minimum absolute atomic E-state index is 0.0242. The smallest absolute Gasteiger partial charge is 0.171 e. The van der Waals surface area contributed by atoms with Crippen LogP contribution in [0.4, 0.5) is 0 Å². The first-order chi connectivity index (χ1) is 15.2. The molecule has 7 fully saturated rings. The third-order valence-corrected chi connectivity index (χ3v) is 12.1. The fraction of sp³-hybridized carbons (Fsp3) is 0.963. The highest BCUT2D eigenvalue weighted by molar-refractivity contribution is 5.84. The van der Waals surface area contributed by atoms with E-state index >= 15 is 0 Å². The highest BCUT2D eigenvalue weighted by Crippen LogP contribution is 2.72. The lowest BCUT2D eigenvalue weighted by molar-refractivity contribution is -0.273. The summed E-state index contributed by atoms with van der Waals surface area (Å²) < 4.78 is 19.3. The summed E-state index contributed by atoms with van der Waals surface area (Å²) in [5.41, 5.74) is 0.127. The molecule has 0 amide bonds. The largest absolute Gasteiger partial charge is 0.390 e. The Labute approximate surface area is 191 Å². The van der Waals surface area contributed by atoms with E-state index in [1.807, 2.05) is 0 Å². The number of rotatable bonds is 0. The van der Waals surface area contributed by atoms with Crippen LogP contribution < -0.4 is 0 Å². The van der Waals surface area contributed by atoms with Gasteiger partial charge in [-0.1, -0.05) is 27.7 Å². The summed E-state index contributed by atoms with van der Waals surface area (Å²) in [6, 6.07) is 0. The second-order valence-corrected chi connectivity index (χ2v) is 13.3. The molecular formula is C27H40O5. The van der Waals surface area contributed by atoms with Crippen molar-refractivity contribution in [2.24, 2.45) is 52.3 Å². The first-order valence-corrected chi connectivity index (χ1v) is 13.4. The highest BCUT2D eigenvalue weighted by atomic mass is 16.7. The fourth-order valence-electron chi connectivity index (χ4n) is 10.4. The number of Topliss-reactive ketones (excluding diaryl/α,β-unsaturated/α-hetero) is 1. The van der Waals surface area contributed by atoms with Crippen molar-refractivity contribution in [3.05, 3.63) is 0 Å². The van der Waals surface area contributed by atoms with Gasteiger partial charge in [-0.25, -0.2) is 0 Å². The third kappa shape index (κ3) is 2.37. The van der Waals surface area contributed by atoms with E-state index in [1.54, 1.807) is 0 Å². The average molecular weight is 445 g/mol. The Morgan fingerprint density at radius 3 is 2.62 bits per heavy atom. The molecule has 5 heteroatoms. The Hall–Kier alpha value is -0.490. The van der Waals surface area contributed by atoms with Gasteiger partial charge < -0.3 is 19.3 Å². The van der Waals surface area contributed by atoms with Gasteiger partial charge in [0.2, 0.25) is 0 Å². The summed E-state index contributed by atoms with van der Waals surface area (Å²) in [5.74, 6) is 3.07. The zero-order valence-corrected chi connectivity index (χ0v) is 20.1. The highest BCUT2D eigenvalue weighted by Gasteiger charge is 2.73. The van der Waals surface area contributed by atoms with Crippen LogP contribution in [0.25, 0.3) is 0 Å². The van der Waals surface area contributed by atoms with E-state index in [0.29, 0.717) is 54.1 Å². The lowest BCUT2D eigenvalue weighted by Crippen LogP contribution is -2.60. The molecule has 1 N–H and O–H groups in total. The Bertz CT molecular complexity index is 834. The van der Waals surface area contributed by atoms with Crippen molar-refractivity contribution in [3.63, 3.8) is 0 Å². The predicted molar refractivity (Wildman–Crippen MR) is 118 cm³/mol. The van der Waals surface area contributed by atoms with Crippen LogP contribution >= 0.6 is 0 Å². The van der Waals surface area contributed by atoms with Crippen LogP contribution in [0.1, 0.15) is 72.6 Å². The van der Waals surface area contributed by atoms with E-state index in [2.05, 4.69) is 27.7 Å². The molecule has 3 heterocycles. The van der Waals surface area contributed by atoms with E-state index in [1.165, 1.54) is 19.3 Å². The molecule has 0 aromatic heterocycles. The molecule has 4 saturated carbocycles. The van der Waals surface area contributed by atoms with Crippen molar-refractivity contribution in [1.82, 2.24) is 0 Å². The fourth-order valence-corrected chi connectivity index (χ4v) is 10.4. The number of aliphatic hydroxyl groups is 1. The van der Waals surface area contributed by atoms with Crippen LogP contribution in [0.15, 0.2) is 0 Å². The molecule has 4 aliphatic carbocycles. The maximum absolute atomic E-state index is 13.5. The van der Waals surface area contributed by atoms with E-state index in [4.69, 9.17) is 14.2 Å². The zero-order chi connectivity index (χ0) is 22.2. The van der Waals surface area contributed by atoms with E-state index in [-0.39, 0.29) is 40.8 Å². The minimum Gasteiger partial charge on any atom is -0.390 e. The van der Waals surface area contributed by atoms with Gasteiger partial charge in [0.15, 0.2) is 5.79 Å². The van der Waals surface area contributed by atoms with Gasteiger partial charge in [0.25, 0.3) is 0 Å². The first-order valence-electron chi connectivity index (χ1n) is 13.4. The Morgan fingerprint density at radius 2 is 1.88 bits per heavy atom. The second-order valence-electron chi connectivity index (χ2n) is 13.3. The molecule has 32 heavy (non-hydrogen) atoms. The Balaban J connectivity index is 1.19. The monoisotopic (exact) mass is 444 g/mol. The van der Waals surface area contributed by atoms with Crippen molar-refractivity contribution < 1.29 is 24.1 Å². The van der Waals surface area contributed by atoms with Crippen LogP contribution in [-0.4, -0.2) is 47.7 Å². The summed E-state index contributed by atoms with van der Waals surface area (Å²) in [6.07, 6.45) is 6.85. The Kier molecular flexibility index (Phi) is 4.16. The third-order valence-electron chi connectivity index (χ3n) is 12.1. The van der Waals surface area contributed by atoms with Gasteiger partial charge in [-0.15, -0.1) is 0 Å². The number of carbonyl (C=O) groups is 1. The lowest BCUT2D eigenvalue weighted by Gasteiger charge is -2.59. The summed E-state index contributed by atoms with van der Waals surface area (Å²) in [6.45, 7) is 10.3. The molecule has 0 aromatic carbocycles. The molecule has 14 atom stereocenters. The molecule has 178 valence electrons. The summed E-state index contributed by atoms with van der Waals surface area (Å²) in [4.78, 5) is 13.5. The SMILES string of the molecule is C[C@@H]1CC[C@@]2(OC1)O[C@H]1C[C@H]3[C@@H]4CC(=O)[C@H]5C[C@H](O)[C@@H]6O[C@@H]6[C@]5(C)[C@H]4CC[C@]3(C)[C@H]1[C@@H]2C. The van der Waals surface area contributed by atoms with Crippen LogP contribution in [0.5, 0.6) is 0 Å². The van der Waals surface area contributed by atoms with Crippen molar-refractivity contribution in [2.75, 3.05) is 6.61 Å². The number of hydrogen-bond acceptors (Lipinski definition) is 5. The number of epoxide rings is 1. The number of fused-ring (bicyclic) bond motifs is 9. The summed E-state index contributed by atoms with van der Waals surface area (Å²) >= 11 is 0. The van der Waals surface area contributed by atoms with Gasteiger partial charge in [0.05, 0.1) is 24.9 Å². The van der Waals surface area contributed by atoms with Gasteiger partial charge in [0, 0.05) is 30.1 Å². The van der Waals surface area contributed by atoms with Crippen molar-refractivity contribution in [3.8, 4) is 0 Å². The van der Waals surface area contributed by atoms with Gasteiger partial charge in [-0.3, -0.25) is 4.79 Å². The molecule has 7 rings (SSSR count). The molecule has 0 radical (unpaired) electrons. The topological polar surface area (TPSA) is 68.3 Å². The molecule has 0 aromatic rings. The van der Waals surface area contributed by atoms with Gasteiger partial charge in [-0.05, 0) is 67.1 Å². The normalized spacial score (nSPS) is 65.0. The molecule has 7 aliphatic rings. The van der Waals surface area contributed by atoms with Crippen LogP contribution in [0, 0.1) is 52.3 Å². The van der Waals surface area contributed by atoms with Crippen LogP contribution in [0.3, 0.4) is 0 Å². The standard InChI is InChI=1S/C27H40O5/c1-13-5-8-27(30-12-13)14(2)22-21(32-27)11-17-15-9-19(28)18-10-20(29)23-24(31-23)26(18,4)16(15)6-7-25(17,22)3/h13-18,20-24,29H,5-12H2,1-4H3/t13-,14+,15-,16+,17+,18-,20+,21+,22+,23+,24+,25+,26-,27-/m1/s1. The number of aliphatic hydroxyl groups excluding tert-OH is 1. The van der Waals surface area contributed by atoms with E-state index in [9.17, 15) is 9.90 Å². The molecular weight excluding hydrogens is 404 g/mol. The van der Waals surface area contributed by atoms with Gasteiger partial charge in [0.1, 0.15) is 11.9 Å². The lowest BCUT2D eigenvalue weighted by atomic mass is 9.44. The molecule has 5 nitrogen and oxygen atoms in total. The van der Waals surface area contributed by atoms with Crippen LogP contribution in [-0.2, 0) is 19.0 Å². The van der Waals surface area contributed by atoms with E-state index < -0.39 is 6.10 Å². The number of ether oxygens (including phenoxy) is 3. The van der Waals surface area contributed by atoms with Crippen molar-refractivity contribution >= 4 is 5.78 Å². The predicted octanol–water partition coefficient (Wildman–Crippen LogP) is 3.96. The zero-order valence-electron chi connectivity index (χ0n) is 20.1. The molecule has 3 saturated heterocycles. The van der Waals surface area contributed by atoms with Crippen molar-refractivity contribution in [2.45, 2.75) is 103 Å². The van der Waals surface area contributed by atoms with E-state index in [0.717, 1.165) is 19.4 Å². The number of carbonyl (C=O) groups excluding carboxylic acids is 1. The van der Waals surface area contributed by atoms with Crippen molar-refractivity contribution in [1.29, 1.82) is 0 Å². The maximum Gasteiger partial charge on any atom is 0.171 e. The molecule has 1 spiro atoms. The second kappa shape index (κ2) is 6.38. The maximum atomic E-state index is 13.5. The first kappa shape index (κ1) is 20.8. The number of hydrogen-bond donors (Lipinski definition) is 1.